The van der Waals surface area contributed by atoms with Crippen molar-refractivity contribution < 1.29 is 19.4 Å². The molecule has 0 aliphatic carbocycles. The van der Waals surface area contributed by atoms with Crippen LogP contribution < -0.4 is 10.7 Å². The van der Waals surface area contributed by atoms with E-state index in [1.165, 1.54) is 22.9 Å². The van der Waals surface area contributed by atoms with Gasteiger partial charge in [0.15, 0.2) is 0 Å². The number of hydrogen-bond donors (Lipinski definition) is 3. The Morgan fingerprint density at radius 3 is 2.58 bits per heavy atom. The third-order valence-electron chi connectivity index (χ3n) is 6.40. The van der Waals surface area contributed by atoms with Gasteiger partial charge in [-0.05, 0) is 40.8 Å². The van der Waals surface area contributed by atoms with Crippen LogP contribution in [0, 0.1) is 11.2 Å². The van der Waals surface area contributed by atoms with Gasteiger partial charge in [-0.1, -0.05) is 50.6 Å². The van der Waals surface area contributed by atoms with Crippen LogP contribution in [-0.4, -0.2) is 37.3 Å². The molecule has 0 fully saturated rings. The molecule has 0 aliphatic rings. The number of aromatic carboxylic acids is 1. The summed E-state index contributed by atoms with van der Waals surface area (Å²) in [5.74, 6) is -1.62. The fourth-order valence-corrected chi connectivity index (χ4v) is 4.53. The van der Waals surface area contributed by atoms with Crippen molar-refractivity contribution in [3.8, 4) is 0 Å². The predicted octanol–water partition coefficient (Wildman–Crippen LogP) is 5.06. The third-order valence-corrected chi connectivity index (χ3v) is 6.69. The van der Waals surface area contributed by atoms with Crippen LogP contribution in [0.5, 0.6) is 0 Å². The Morgan fingerprint density at radius 2 is 1.95 bits per heavy atom. The van der Waals surface area contributed by atoms with Gasteiger partial charge < -0.3 is 20.1 Å². The van der Waals surface area contributed by atoms with Crippen LogP contribution in [0.15, 0.2) is 59.7 Å². The van der Waals surface area contributed by atoms with E-state index in [9.17, 15) is 24.2 Å². The molecule has 1 atom stereocenters. The van der Waals surface area contributed by atoms with Crippen LogP contribution in [0.3, 0.4) is 0 Å². The zero-order valence-corrected chi connectivity index (χ0v) is 22.0. The number of anilines is 1. The maximum Gasteiger partial charge on any atom is 0.341 e. The molecule has 1 aromatic carbocycles. The van der Waals surface area contributed by atoms with E-state index in [-0.39, 0.29) is 34.6 Å². The lowest BCUT2D eigenvalue weighted by molar-refractivity contribution is 0.0692. The number of halogens is 2. The molecule has 38 heavy (non-hydrogen) atoms. The van der Waals surface area contributed by atoms with Crippen LogP contribution in [0.1, 0.15) is 54.0 Å². The van der Waals surface area contributed by atoms with E-state index in [0.717, 1.165) is 5.69 Å². The fourth-order valence-electron chi connectivity index (χ4n) is 4.34. The Bertz CT molecular complexity index is 1550. The molecule has 0 radical (unpaired) electrons. The molecule has 1 unspecified atom stereocenters. The summed E-state index contributed by atoms with van der Waals surface area (Å²) in [6, 6.07) is 11.1. The average Bonchev–Trinajstić information content (AvgIpc) is 2.87. The standard InChI is InChI=1S/C28H28ClFN4O4/c1-28(2,3)22(15-35)34-14-20(27(37)38)24(36)19-12-17(11-16-7-6-9-21(29)23(16)30)25(33-26(19)34)32-13-18-8-4-5-10-31-18/h4-10,12,14,22,35H,11,13,15H2,1-3H3,(H,32,33)(H,37,38). The fraction of sp³-hybridized carbons (Fsp3) is 0.286. The minimum absolute atomic E-state index is 0.0364. The molecule has 4 aromatic rings. The maximum absolute atomic E-state index is 14.8. The number of benzene rings is 1. The third kappa shape index (κ3) is 5.54. The Labute approximate surface area is 223 Å². The maximum atomic E-state index is 14.8. The molecule has 8 nitrogen and oxygen atoms in total. The number of hydrogen-bond acceptors (Lipinski definition) is 6. The number of pyridine rings is 3. The molecular formula is C28H28ClFN4O4. The molecule has 0 spiro atoms. The quantitative estimate of drug-likeness (QED) is 0.287. The molecule has 10 heteroatoms. The van der Waals surface area contributed by atoms with E-state index in [2.05, 4.69) is 10.3 Å². The van der Waals surface area contributed by atoms with Crippen molar-refractivity contribution in [2.24, 2.45) is 5.41 Å². The van der Waals surface area contributed by atoms with E-state index in [1.807, 2.05) is 32.9 Å². The number of nitrogens with one attached hydrogen (secondary N) is 1. The van der Waals surface area contributed by atoms with Gasteiger partial charge in [0.1, 0.15) is 22.8 Å². The van der Waals surface area contributed by atoms with Gasteiger partial charge in [-0.25, -0.2) is 14.2 Å². The minimum atomic E-state index is -1.39. The molecule has 0 saturated heterocycles. The topological polar surface area (TPSA) is 117 Å². The molecule has 0 aliphatic heterocycles. The summed E-state index contributed by atoms with van der Waals surface area (Å²) in [6.07, 6.45) is 2.93. The zero-order valence-electron chi connectivity index (χ0n) is 21.2. The van der Waals surface area contributed by atoms with Crippen LogP contribution in [-0.2, 0) is 13.0 Å². The highest BCUT2D eigenvalue weighted by atomic mass is 35.5. The Hall–Kier alpha value is -3.82. The Kier molecular flexibility index (Phi) is 7.80. The number of aliphatic hydroxyl groups excluding tert-OH is 1. The Balaban J connectivity index is 1.98. The van der Waals surface area contributed by atoms with E-state index >= 15 is 0 Å². The number of aromatic nitrogens is 3. The molecule has 0 bridgehead atoms. The monoisotopic (exact) mass is 538 g/mol. The molecule has 198 valence electrons. The van der Waals surface area contributed by atoms with Crippen molar-refractivity contribution >= 4 is 34.4 Å². The van der Waals surface area contributed by atoms with Gasteiger partial charge in [-0.2, -0.15) is 0 Å². The number of rotatable bonds is 8. The minimum Gasteiger partial charge on any atom is -0.477 e. The number of aliphatic hydroxyl groups is 1. The highest BCUT2D eigenvalue weighted by Gasteiger charge is 2.29. The summed E-state index contributed by atoms with van der Waals surface area (Å²) in [6.45, 7) is 5.68. The number of carboxylic acid groups (broad SMARTS) is 1. The molecule has 3 heterocycles. The van der Waals surface area contributed by atoms with Gasteiger partial charge >= 0.3 is 5.97 Å². The number of nitrogens with zero attached hydrogens (tertiary/aromatic N) is 3. The van der Waals surface area contributed by atoms with Gasteiger partial charge in [-0.15, -0.1) is 0 Å². The summed E-state index contributed by atoms with van der Waals surface area (Å²) >= 11 is 5.99. The SMILES string of the molecule is CC(C)(C)C(CO)n1cc(C(=O)O)c(=O)c2cc(Cc3cccc(Cl)c3F)c(NCc3ccccn3)nc21. The van der Waals surface area contributed by atoms with Gasteiger partial charge in [0.2, 0.25) is 5.43 Å². The van der Waals surface area contributed by atoms with Crippen LogP contribution in [0.4, 0.5) is 10.2 Å². The van der Waals surface area contributed by atoms with E-state index < -0.39 is 34.2 Å². The predicted molar refractivity (Wildman–Crippen MR) is 144 cm³/mol. The molecule has 4 rings (SSSR count). The van der Waals surface area contributed by atoms with E-state index in [1.54, 1.807) is 24.4 Å². The molecule has 0 amide bonds. The molecule has 3 aromatic heterocycles. The van der Waals surface area contributed by atoms with E-state index in [4.69, 9.17) is 16.6 Å². The van der Waals surface area contributed by atoms with Gasteiger partial charge in [0.25, 0.3) is 0 Å². The second kappa shape index (κ2) is 10.9. The van der Waals surface area contributed by atoms with Crippen molar-refractivity contribution in [3.63, 3.8) is 0 Å². The second-order valence-electron chi connectivity index (χ2n) is 10.1. The van der Waals surface area contributed by atoms with Crippen molar-refractivity contribution in [1.82, 2.24) is 14.5 Å². The summed E-state index contributed by atoms with van der Waals surface area (Å²) in [5, 5.41) is 23.3. The van der Waals surface area contributed by atoms with Crippen LogP contribution >= 0.6 is 11.6 Å². The number of fused-ring (bicyclic) bond motifs is 1. The van der Waals surface area contributed by atoms with Gasteiger partial charge in [0.05, 0.1) is 35.3 Å². The van der Waals surface area contributed by atoms with Gasteiger partial charge in [-0.3, -0.25) is 9.78 Å². The first-order chi connectivity index (χ1) is 18.0. The Morgan fingerprint density at radius 1 is 1.18 bits per heavy atom. The summed E-state index contributed by atoms with van der Waals surface area (Å²) in [4.78, 5) is 34.3. The first kappa shape index (κ1) is 27.2. The van der Waals surface area contributed by atoms with Crippen LogP contribution in [0.25, 0.3) is 11.0 Å². The van der Waals surface area contributed by atoms with Crippen molar-refractivity contribution in [3.05, 3.63) is 98.3 Å². The van der Waals surface area contributed by atoms with Crippen molar-refractivity contribution in [1.29, 1.82) is 0 Å². The highest BCUT2D eigenvalue weighted by molar-refractivity contribution is 6.30. The van der Waals surface area contributed by atoms with Crippen molar-refractivity contribution in [2.75, 3.05) is 11.9 Å². The lowest BCUT2D eigenvalue weighted by atomic mass is 9.86. The largest absolute Gasteiger partial charge is 0.477 e. The summed E-state index contributed by atoms with van der Waals surface area (Å²) in [7, 11) is 0. The lowest BCUT2D eigenvalue weighted by Gasteiger charge is -2.32. The first-order valence-electron chi connectivity index (χ1n) is 12.0. The van der Waals surface area contributed by atoms with Gasteiger partial charge in [0, 0.05) is 18.8 Å². The first-order valence-corrected chi connectivity index (χ1v) is 12.4. The zero-order chi connectivity index (χ0) is 27.6. The summed E-state index contributed by atoms with van der Waals surface area (Å²) in [5.41, 5.74) is 0.0261. The van der Waals surface area contributed by atoms with Crippen molar-refractivity contribution in [2.45, 2.75) is 39.8 Å². The average molecular weight is 539 g/mol. The molecular weight excluding hydrogens is 511 g/mol. The smallest absolute Gasteiger partial charge is 0.341 e. The normalized spacial score (nSPS) is 12.5. The summed E-state index contributed by atoms with van der Waals surface area (Å²) < 4.78 is 16.4. The molecule has 3 N–H and O–H groups in total. The number of carboxylic acids is 1. The van der Waals surface area contributed by atoms with Crippen LogP contribution in [0.2, 0.25) is 5.02 Å². The lowest BCUT2D eigenvalue weighted by Crippen LogP contribution is -2.31. The molecule has 0 saturated carbocycles. The highest BCUT2D eigenvalue weighted by Crippen LogP contribution is 2.33. The van der Waals surface area contributed by atoms with E-state index in [0.29, 0.717) is 17.9 Å². The number of carbonyl (C=O) groups is 1. The second-order valence-corrected chi connectivity index (χ2v) is 10.5.